The molecule has 0 aromatic carbocycles. The first-order valence-electron chi connectivity index (χ1n) is 6.54. The maximum absolute atomic E-state index is 9.21. The Morgan fingerprint density at radius 2 is 2.00 bits per heavy atom. The highest BCUT2D eigenvalue weighted by Crippen LogP contribution is 2.54. The van der Waals surface area contributed by atoms with Gasteiger partial charge in [-0.05, 0) is 32.1 Å². The van der Waals surface area contributed by atoms with Crippen molar-refractivity contribution in [2.24, 2.45) is 5.92 Å². The van der Waals surface area contributed by atoms with Crippen LogP contribution in [-0.2, 0) is 4.84 Å². The van der Waals surface area contributed by atoms with Crippen LogP contribution < -0.4 is 0 Å². The maximum atomic E-state index is 9.21. The molecular formula is C13H17N3O. The zero-order valence-electron chi connectivity index (χ0n) is 9.93. The number of hydrogen-bond acceptors (Lipinski definition) is 4. The van der Waals surface area contributed by atoms with E-state index in [1.54, 1.807) is 0 Å². The third-order valence-corrected chi connectivity index (χ3v) is 4.78. The molecule has 90 valence electrons. The molecule has 0 unspecified atom stereocenters. The smallest absolute Gasteiger partial charge is 0.170 e. The molecule has 4 nitrogen and oxygen atoms in total. The summed E-state index contributed by atoms with van der Waals surface area (Å²) in [5.41, 5.74) is 0.0835. The van der Waals surface area contributed by atoms with Gasteiger partial charge in [-0.2, -0.15) is 15.6 Å². The summed E-state index contributed by atoms with van der Waals surface area (Å²) in [6.45, 7) is 0. The second kappa shape index (κ2) is 3.98. The van der Waals surface area contributed by atoms with Gasteiger partial charge in [0.2, 0.25) is 0 Å². The molecule has 1 spiro atoms. The Kier molecular flexibility index (Phi) is 2.58. The van der Waals surface area contributed by atoms with Crippen LogP contribution in [0.3, 0.4) is 0 Å². The molecule has 0 aromatic heterocycles. The first-order chi connectivity index (χ1) is 8.31. The fraction of sp³-hybridized carbons (Fsp3) is 0.846. The normalized spacial score (nSPS) is 44.7. The monoisotopic (exact) mass is 231 g/mol. The van der Waals surface area contributed by atoms with Crippen LogP contribution in [0.15, 0.2) is 0 Å². The topological polar surface area (TPSA) is 60.1 Å². The maximum Gasteiger partial charge on any atom is 0.170 e. The number of piperidine rings is 1. The molecule has 0 radical (unpaired) electrons. The van der Waals surface area contributed by atoms with Crippen molar-refractivity contribution in [2.45, 2.75) is 62.6 Å². The minimum atomic E-state index is -0.281. The van der Waals surface area contributed by atoms with E-state index in [1.807, 2.05) is 0 Å². The van der Waals surface area contributed by atoms with Gasteiger partial charge in [-0.1, -0.05) is 6.42 Å². The van der Waals surface area contributed by atoms with Gasteiger partial charge in [0.05, 0.1) is 24.1 Å². The fourth-order valence-electron chi connectivity index (χ4n) is 4.12. The van der Waals surface area contributed by atoms with Crippen molar-refractivity contribution >= 4 is 0 Å². The third-order valence-electron chi connectivity index (χ3n) is 4.78. The summed E-state index contributed by atoms with van der Waals surface area (Å²) in [4.78, 5) is 5.86. The van der Waals surface area contributed by atoms with Gasteiger partial charge in [0.1, 0.15) is 0 Å². The Morgan fingerprint density at radius 1 is 1.24 bits per heavy atom. The predicted octanol–water partition coefficient (Wildman–Crippen LogP) is 2.13. The molecule has 2 heterocycles. The molecule has 2 saturated heterocycles. The minimum absolute atomic E-state index is 0.0835. The third kappa shape index (κ3) is 1.41. The summed E-state index contributed by atoms with van der Waals surface area (Å²) in [7, 11) is 0. The number of hydrogen-bond donors (Lipinski definition) is 0. The zero-order chi connectivity index (χ0) is 11.9. The fourth-order valence-corrected chi connectivity index (χ4v) is 4.12. The molecule has 4 heteroatoms. The molecule has 0 N–H and O–H groups in total. The Balaban J connectivity index is 1.92. The van der Waals surface area contributed by atoms with Crippen molar-refractivity contribution in [3.63, 3.8) is 0 Å². The zero-order valence-corrected chi connectivity index (χ0v) is 9.93. The van der Waals surface area contributed by atoms with Crippen LogP contribution in [0, 0.1) is 28.6 Å². The molecule has 0 bridgehead atoms. The van der Waals surface area contributed by atoms with Crippen LogP contribution in [0.4, 0.5) is 0 Å². The number of rotatable bonds is 1. The highest BCUT2D eigenvalue weighted by Gasteiger charge is 2.60. The van der Waals surface area contributed by atoms with Gasteiger partial charge in [-0.15, -0.1) is 0 Å². The van der Waals surface area contributed by atoms with Crippen LogP contribution >= 0.6 is 0 Å². The van der Waals surface area contributed by atoms with Gasteiger partial charge >= 0.3 is 0 Å². The molecule has 17 heavy (non-hydrogen) atoms. The second-order valence-electron chi connectivity index (χ2n) is 5.49. The standard InChI is InChI=1S/C13H17N3O/c14-8-5-10-3-1-6-13-7-2-4-11(13)12(9-15)17-16(10)13/h10-12H,1-7H2/t10-,11+,12-,13+/m1/s1. The first-order valence-corrected chi connectivity index (χ1v) is 6.54. The summed E-state index contributed by atoms with van der Waals surface area (Å²) in [6.07, 6.45) is 7.01. The molecule has 4 atom stereocenters. The van der Waals surface area contributed by atoms with E-state index in [4.69, 9.17) is 10.1 Å². The SMILES string of the molecule is N#CC[C@H]1CCC[C@]23CCC[C@H]2[C@@H](C#N)ON13. The molecule has 3 rings (SSSR count). The van der Waals surface area contributed by atoms with E-state index in [-0.39, 0.29) is 17.7 Å². The molecule has 3 fully saturated rings. The lowest BCUT2D eigenvalue weighted by atomic mass is 9.76. The van der Waals surface area contributed by atoms with Crippen LogP contribution in [0.25, 0.3) is 0 Å². The largest absolute Gasteiger partial charge is 0.279 e. The average molecular weight is 231 g/mol. The Hall–Kier alpha value is -1.10. The Bertz CT molecular complexity index is 396. The van der Waals surface area contributed by atoms with Crippen LogP contribution in [0.1, 0.15) is 44.9 Å². The summed E-state index contributed by atoms with van der Waals surface area (Å²) in [6, 6.07) is 4.76. The van der Waals surface area contributed by atoms with Crippen molar-refractivity contribution < 1.29 is 4.84 Å². The van der Waals surface area contributed by atoms with E-state index < -0.39 is 0 Å². The van der Waals surface area contributed by atoms with E-state index in [1.165, 1.54) is 12.8 Å². The number of nitriles is 2. The van der Waals surface area contributed by atoms with E-state index in [2.05, 4.69) is 17.2 Å². The van der Waals surface area contributed by atoms with Gasteiger partial charge in [0.15, 0.2) is 6.10 Å². The molecule has 2 aliphatic heterocycles. The highest BCUT2D eigenvalue weighted by atomic mass is 16.7. The first kappa shape index (κ1) is 11.0. The van der Waals surface area contributed by atoms with E-state index in [9.17, 15) is 5.26 Å². The van der Waals surface area contributed by atoms with Crippen LogP contribution in [0.5, 0.6) is 0 Å². The Labute approximate surface area is 102 Å². The van der Waals surface area contributed by atoms with Crippen LogP contribution in [0.2, 0.25) is 0 Å². The lowest BCUT2D eigenvalue weighted by Crippen LogP contribution is -2.52. The van der Waals surface area contributed by atoms with Crippen molar-refractivity contribution in [3.05, 3.63) is 0 Å². The molecule has 1 saturated carbocycles. The van der Waals surface area contributed by atoms with E-state index in [0.29, 0.717) is 12.3 Å². The predicted molar refractivity (Wildman–Crippen MR) is 60.3 cm³/mol. The molecule has 0 aromatic rings. The lowest BCUT2D eigenvalue weighted by molar-refractivity contribution is -0.219. The van der Waals surface area contributed by atoms with Gasteiger partial charge in [0, 0.05) is 12.0 Å². The van der Waals surface area contributed by atoms with Gasteiger partial charge < -0.3 is 0 Å². The second-order valence-corrected chi connectivity index (χ2v) is 5.49. The van der Waals surface area contributed by atoms with Crippen molar-refractivity contribution in [3.8, 4) is 12.1 Å². The van der Waals surface area contributed by atoms with E-state index >= 15 is 0 Å². The summed E-state index contributed by atoms with van der Waals surface area (Å²) < 4.78 is 0. The molecule has 1 aliphatic carbocycles. The van der Waals surface area contributed by atoms with Gasteiger partial charge in [-0.3, -0.25) is 4.84 Å². The molecule has 0 amide bonds. The van der Waals surface area contributed by atoms with Gasteiger partial charge in [-0.25, -0.2) is 0 Å². The van der Waals surface area contributed by atoms with Crippen molar-refractivity contribution in [1.82, 2.24) is 5.06 Å². The number of hydroxylamine groups is 2. The summed E-state index contributed by atoms with van der Waals surface area (Å²) in [5, 5.41) is 20.2. The van der Waals surface area contributed by atoms with Crippen LogP contribution in [-0.4, -0.2) is 22.7 Å². The highest BCUT2D eigenvalue weighted by molar-refractivity contribution is 5.13. The molecular weight excluding hydrogens is 214 g/mol. The molecule has 3 aliphatic rings. The van der Waals surface area contributed by atoms with Crippen molar-refractivity contribution in [2.75, 3.05) is 0 Å². The van der Waals surface area contributed by atoms with Gasteiger partial charge in [0.25, 0.3) is 0 Å². The lowest BCUT2D eigenvalue weighted by Gasteiger charge is -2.44. The summed E-state index contributed by atoms with van der Waals surface area (Å²) in [5.74, 6) is 0.369. The van der Waals surface area contributed by atoms with Crippen molar-refractivity contribution in [1.29, 1.82) is 10.5 Å². The summed E-state index contributed by atoms with van der Waals surface area (Å²) >= 11 is 0. The number of nitrogens with zero attached hydrogens (tertiary/aromatic N) is 3. The Morgan fingerprint density at radius 3 is 2.71 bits per heavy atom. The minimum Gasteiger partial charge on any atom is -0.279 e. The average Bonchev–Trinajstić information content (AvgIpc) is 2.85. The van der Waals surface area contributed by atoms with E-state index in [0.717, 1.165) is 25.7 Å². The quantitative estimate of drug-likeness (QED) is 0.693.